The van der Waals surface area contributed by atoms with Crippen LogP contribution in [-0.4, -0.2) is 12.6 Å². The summed E-state index contributed by atoms with van der Waals surface area (Å²) in [6, 6.07) is 13.9. The lowest BCUT2D eigenvalue weighted by molar-refractivity contribution is -0.139. The molecule has 1 atom stereocenters. The smallest absolute Gasteiger partial charge is 0.338 e. The first kappa shape index (κ1) is 21.6. The summed E-state index contributed by atoms with van der Waals surface area (Å²) in [5, 5.41) is 10.5. The quantitative estimate of drug-likeness (QED) is 0.617. The lowest BCUT2D eigenvalue weighted by Crippen LogP contribution is -2.25. The van der Waals surface area contributed by atoms with Gasteiger partial charge in [0.15, 0.2) is 0 Å². The number of hydrogen-bond acceptors (Lipinski definition) is 6. The zero-order valence-corrected chi connectivity index (χ0v) is 17.8. The zero-order valence-electron chi connectivity index (χ0n) is 16.2. The Morgan fingerprint density at radius 3 is 2.53 bits per heavy atom. The second kappa shape index (κ2) is 9.12. The molecule has 0 spiro atoms. The van der Waals surface area contributed by atoms with Crippen LogP contribution in [0.4, 0.5) is 0 Å². The molecule has 1 aliphatic rings. The fraction of sp³-hybridized carbons (Fsp3) is 0.182. The van der Waals surface area contributed by atoms with E-state index < -0.39 is 11.9 Å². The SMILES string of the molecule is CCOC(=O)C1=C(C)OC(N)=C(C#N)C1c1ccc(Oc2ccc(Cl)cc2Cl)cc1. The van der Waals surface area contributed by atoms with E-state index in [2.05, 4.69) is 0 Å². The molecule has 0 amide bonds. The first-order valence-electron chi connectivity index (χ1n) is 9.04. The number of carbonyl (C=O) groups is 1. The van der Waals surface area contributed by atoms with Gasteiger partial charge in [-0.1, -0.05) is 35.3 Å². The molecule has 3 rings (SSSR count). The van der Waals surface area contributed by atoms with Gasteiger partial charge in [-0.25, -0.2) is 4.79 Å². The third-order valence-electron chi connectivity index (χ3n) is 4.44. The van der Waals surface area contributed by atoms with Crippen molar-refractivity contribution in [2.24, 2.45) is 5.73 Å². The number of rotatable bonds is 5. The van der Waals surface area contributed by atoms with Crippen LogP contribution in [0.25, 0.3) is 0 Å². The van der Waals surface area contributed by atoms with Gasteiger partial charge in [-0.3, -0.25) is 0 Å². The third-order valence-corrected chi connectivity index (χ3v) is 4.97. The second-order valence-electron chi connectivity index (χ2n) is 6.36. The molecule has 0 aliphatic carbocycles. The monoisotopic (exact) mass is 444 g/mol. The van der Waals surface area contributed by atoms with E-state index in [0.29, 0.717) is 32.9 Å². The number of nitriles is 1. The van der Waals surface area contributed by atoms with Crippen LogP contribution in [0.5, 0.6) is 11.5 Å². The number of halogens is 2. The summed E-state index contributed by atoms with van der Waals surface area (Å²) in [4.78, 5) is 12.6. The van der Waals surface area contributed by atoms with E-state index >= 15 is 0 Å². The minimum absolute atomic E-state index is 0.0404. The van der Waals surface area contributed by atoms with E-state index in [1.54, 1.807) is 56.3 Å². The predicted octanol–water partition coefficient (Wildman–Crippen LogP) is 5.43. The maximum atomic E-state index is 12.6. The van der Waals surface area contributed by atoms with Gasteiger partial charge < -0.3 is 19.9 Å². The Balaban J connectivity index is 1.96. The third kappa shape index (κ3) is 4.38. The molecule has 6 nitrogen and oxygen atoms in total. The van der Waals surface area contributed by atoms with Crippen molar-refractivity contribution in [3.05, 3.63) is 80.9 Å². The fourth-order valence-electron chi connectivity index (χ4n) is 3.10. The van der Waals surface area contributed by atoms with Crippen molar-refractivity contribution in [2.75, 3.05) is 6.61 Å². The maximum absolute atomic E-state index is 12.6. The molecule has 154 valence electrons. The lowest BCUT2D eigenvalue weighted by Gasteiger charge is -2.26. The van der Waals surface area contributed by atoms with E-state index in [9.17, 15) is 10.1 Å². The van der Waals surface area contributed by atoms with Crippen molar-refractivity contribution in [1.29, 1.82) is 5.26 Å². The standard InChI is InChI=1S/C22H18Cl2N2O4/c1-3-28-22(27)19-12(2)29-21(26)16(11-25)20(19)13-4-7-15(8-5-13)30-18-9-6-14(23)10-17(18)24/h4-10,20H,3,26H2,1-2H3. The minimum atomic E-state index is -0.712. The summed E-state index contributed by atoms with van der Waals surface area (Å²) in [7, 11) is 0. The van der Waals surface area contributed by atoms with Crippen LogP contribution in [0.1, 0.15) is 25.3 Å². The number of hydrogen-bond donors (Lipinski definition) is 1. The molecule has 1 heterocycles. The molecule has 0 saturated carbocycles. The molecular formula is C22H18Cl2N2O4. The number of carbonyl (C=O) groups excluding carboxylic acids is 1. The van der Waals surface area contributed by atoms with Crippen molar-refractivity contribution in [3.63, 3.8) is 0 Å². The zero-order chi connectivity index (χ0) is 21.8. The number of allylic oxidation sites excluding steroid dienone is 2. The Bertz CT molecular complexity index is 1090. The van der Waals surface area contributed by atoms with Crippen LogP contribution in [0.3, 0.4) is 0 Å². The van der Waals surface area contributed by atoms with Gasteiger partial charge in [-0.2, -0.15) is 5.26 Å². The highest BCUT2D eigenvalue weighted by Gasteiger charge is 2.36. The highest BCUT2D eigenvalue weighted by atomic mass is 35.5. The fourth-order valence-corrected chi connectivity index (χ4v) is 3.55. The van der Waals surface area contributed by atoms with Crippen molar-refractivity contribution in [1.82, 2.24) is 0 Å². The van der Waals surface area contributed by atoms with E-state index in [-0.39, 0.29) is 23.6 Å². The Kier molecular flexibility index (Phi) is 6.56. The number of esters is 1. The van der Waals surface area contributed by atoms with Crippen LogP contribution in [-0.2, 0) is 14.3 Å². The van der Waals surface area contributed by atoms with Crippen molar-refractivity contribution >= 4 is 29.2 Å². The molecule has 1 unspecified atom stereocenters. The van der Waals surface area contributed by atoms with Crippen molar-refractivity contribution in [2.45, 2.75) is 19.8 Å². The van der Waals surface area contributed by atoms with Gasteiger partial charge in [0, 0.05) is 5.02 Å². The summed E-state index contributed by atoms with van der Waals surface area (Å²) in [6.07, 6.45) is 0. The Morgan fingerprint density at radius 1 is 1.23 bits per heavy atom. The topological polar surface area (TPSA) is 94.6 Å². The van der Waals surface area contributed by atoms with Gasteiger partial charge in [-0.05, 0) is 49.7 Å². The Morgan fingerprint density at radius 2 is 1.93 bits per heavy atom. The Labute approximate surface area is 184 Å². The summed E-state index contributed by atoms with van der Waals surface area (Å²) in [6.45, 7) is 3.51. The van der Waals surface area contributed by atoms with Crippen LogP contribution >= 0.6 is 23.2 Å². The largest absolute Gasteiger partial charge is 0.463 e. The summed E-state index contributed by atoms with van der Waals surface area (Å²) in [5.41, 5.74) is 6.94. The number of nitrogens with zero attached hydrogens (tertiary/aromatic N) is 1. The minimum Gasteiger partial charge on any atom is -0.463 e. The average Bonchev–Trinajstić information content (AvgIpc) is 2.70. The molecule has 1 aliphatic heterocycles. The van der Waals surface area contributed by atoms with Crippen molar-refractivity contribution < 1.29 is 19.0 Å². The maximum Gasteiger partial charge on any atom is 0.338 e. The van der Waals surface area contributed by atoms with Gasteiger partial charge in [0.1, 0.15) is 28.9 Å². The number of nitrogens with two attached hydrogens (primary N) is 1. The highest BCUT2D eigenvalue weighted by Crippen LogP contribution is 2.40. The van der Waals surface area contributed by atoms with Crippen LogP contribution in [0, 0.1) is 11.3 Å². The van der Waals surface area contributed by atoms with Gasteiger partial charge >= 0.3 is 5.97 Å². The molecule has 2 aromatic carbocycles. The average molecular weight is 445 g/mol. The Hall–Kier alpha value is -3.14. The number of benzene rings is 2. The molecule has 2 aromatic rings. The first-order chi connectivity index (χ1) is 14.3. The first-order valence-corrected chi connectivity index (χ1v) is 9.79. The molecule has 0 saturated heterocycles. The molecule has 0 aromatic heterocycles. The van der Waals surface area contributed by atoms with E-state index in [1.165, 1.54) is 0 Å². The molecule has 0 fully saturated rings. The van der Waals surface area contributed by atoms with Gasteiger partial charge in [0.2, 0.25) is 5.88 Å². The predicted molar refractivity (Wildman–Crippen MR) is 113 cm³/mol. The van der Waals surface area contributed by atoms with Crippen LogP contribution < -0.4 is 10.5 Å². The van der Waals surface area contributed by atoms with Crippen LogP contribution in [0.15, 0.2) is 65.3 Å². The van der Waals surface area contributed by atoms with Crippen molar-refractivity contribution in [3.8, 4) is 17.6 Å². The summed E-state index contributed by atoms with van der Waals surface area (Å²) in [5.74, 6) is -0.0531. The highest BCUT2D eigenvalue weighted by molar-refractivity contribution is 6.35. The van der Waals surface area contributed by atoms with Gasteiger partial charge in [-0.15, -0.1) is 0 Å². The normalized spacial score (nSPS) is 16.0. The molecule has 0 bridgehead atoms. The molecular weight excluding hydrogens is 427 g/mol. The van der Waals surface area contributed by atoms with E-state index in [0.717, 1.165) is 0 Å². The molecule has 2 N–H and O–H groups in total. The van der Waals surface area contributed by atoms with E-state index in [1.807, 2.05) is 6.07 Å². The van der Waals surface area contributed by atoms with E-state index in [4.69, 9.17) is 43.1 Å². The molecule has 8 heteroatoms. The second-order valence-corrected chi connectivity index (χ2v) is 7.20. The van der Waals surface area contributed by atoms with Gasteiger partial charge in [0.25, 0.3) is 0 Å². The molecule has 30 heavy (non-hydrogen) atoms. The number of ether oxygens (including phenoxy) is 3. The molecule has 0 radical (unpaired) electrons. The lowest BCUT2D eigenvalue weighted by atomic mass is 9.83. The summed E-state index contributed by atoms with van der Waals surface area (Å²) >= 11 is 12.1. The van der Waals surface area contributed by atoms with Crippen LogP contribution in [0.2, 0.25) is 10.0 Å². The summed E-state index contributed by atoms with van der Waals surface area (Å²) < 4.78 is 16.4. The van der Waals surface area contributed by atoms with Gasteiger partial charge in [0.05, 0.1) is 23.1 Å².